The molecule has 5 heteroatoms. The summed E-state index contributed by atoms with van der Waals surface area (Å²) >= 11 is 17.4. The highest BCUT2D eigenvalue weighted by Crippen LogP contribution is 2.28. The molecule has 94 valence electrons. The maximum Gasteiger partial charge on any atom is 0.160 e. The fourth-order valence-corrected chi connectivity index (χ4v) is 2.19. The molecule has 1 N–H and O–H groups in total. The number of anilines is 1. The standard InChI is InChI=1S/C13H9Cl3FN/c14-10-4-2-1-3-8(10)7-18-9-5-11(15)13(17)12(16)6-9/h1-6,18H,7H2. The quantitative estimate of drug-likeness (QED) is 0.749. The molecular formula is C13H9Cl3FN. The minimum absolute atomic E-state index is 0.0100. The number of rotatable bonds is 3. The molecule has 0 aliphatic rings. The molecule has 2 aromatic rings. The summed E-state index contributed by atoms with van der Waals surface area (Å²) in [6, 6.07) is 10.4. The van der Waals surface area contributed by atoms with Gasteiger partial charge in [-0.3, -0.25) is 0 Å². The summed E-state index contributed by atoms with van der Waals surface area (Å²) in [6.07, 6.45) is 0. The maximum atomic E-state index is 13.2. The summed E-state index contributed by atoms with van der Waals surface area (Å²) in [5.74, 6) is -0.610. The van der Waals surface area contributed by atoms with Crippen LogP contribution < -0.4 is 5.32 Å². The van der Waals surface area contributed by atoms with Crippen molar-refractivity contribution in [2.45, 2.75) is 6.54 Å². The van der Waals surface area contributed by atoms with Gasteiger partial charge in [-0.15, -0.1) is 0 Å². The molecule has 0 unspecified atom stereocenters. The minimum atomic E-state index is -0.610. The number of nitrogens with one attached hydrogen (secondary N) is 1. The van der Waals surface area contributed by atoms with Gasteiger partial charge in [0.05, 0.1) is 10.0 Å². The van der Waals surface area contributed by atoms with Crippen LogP contribution in [0.5, 0.6) is 0 Å². The van der Waals surface area contributed by atoms with Crippen LogP contribution in [0.2, 0.25) is 15.1 Å². The SMILES string of the molecule is Fc1c(Cl)cc(NCc2ccccc2Cl)cc1Cl. The molecule has 0 aliphatic heterocycles. The first-order chi connectivity index (χ1) is 8.58. The van der Waals surface area contributed by atoms with Crippen molar-refractivity contribution >= 4 is 40.5 Å². The van der Waals surface area contributed by atoms with Gasteiger partial charge in [0, 0.05) is 17.3 Å². The Morgan fingerprint density at radius 1 is 0.944 bits per heavy atom. The lowest BCUT2D eigenvalue weighted by Crippen LogP contribution is -2.00. The molecule has 2 rings (SSSR count). The molecule has 0 aromatic heterocycles. The van der Waals surface area contributed by atoms with E-state index in [4.69, 9.17) is 34.8 Å². The van der Waals surface area contributed by atoms with Crippen LogP contribution in [0.4, 0.5) is 10.1 Å². The molecule has 0 saturated heterocycles. The molecule has 2 aromatic carbocycles. The van der Waals surface area contributed by atoms with Crippen LogP contribution in [0.1, 0.15) is 5.56 Å². The molecule has 0 bridgehead atoms. The lowest BCUT2D eigenvalue weighted by Gasteiger charge is -2.09. The van der Waals surface area contributed by atoms with E-state index < -0.39 is 5.82 Å². The van der Waals surface area contributed by atoms with E-state index in [9.17, 15) is 4.39 Å². The molecule has 0 radical (unpaired) electrons. The summed E-state index contributed by atoms with van der Waals surface area (Å²) in [6.45, 7) is 0.512. The van der Waals surface area contributed by atoms with Crippen molar-refractivity contribution in [2.75, 3.05) is 5.32 Å². The monoisotopic (exact) mass is 303 g/mol. The molecule has 18 heavy (non-hydrogen) atoms. The van der Waals surface area contributed by atoms with Gasteiger partial charge < -0.3 is 5.32 Å². The van der Waals surface area contributed by atoms with E-state index in [0.29, 0.717) is 17.3 Å². The normalized spacial score (nSPS) is 10.4. The Kier molecular flexibility index (Phi) is 4.33. The number of hydrogen-bond acceptors (Lipinski definition) is 1. The zero-order valence-electron chi connectivity index (χ0n) is 9.18. The van der Waals surface area contributed by atoms with Crippen molar-refractivity contribution in [3.63, 3.8) is 0 Å². The molecule has 0 saturated carbocycles. The summed E-state index contributed by atoms with van der Waals surface area (Å²) < 4.78 is 13.2. The Morgan fingerprint density at radius 2 is 1.56 bits per heavy atom. The third-order valence-corrected chi connectivity index (χ3v) is 3.34. The zero-order chi connectivity index (χ0) is 13.1. The highest BCUT2D eigenvalue weighted by Gasteiger charge is 2.07. The van der Waals surface area contributed by atoms with Crippen molar-refractivity contribution in [1.82, 2.24) is 0 Å². The summed E-state index contributed by atoms with van der Waals surface area (Å²) in [5.41, 5.74) is 1.59. The summed E-state index contributed by atoms with van der Waals surface area (Å²) in [4.78, 5) is 0. The van der Waals surface area contributed by atoms with Gasteiger partial charge in [0.2, 0.25) is 0 Å². The van der Waals surface area contributed by atoms with Gasteiger partial charge in [-0.2, -0.15) is 0 Å². The molecule has 1 nitrogen and oxygen atoms in total. The van der Waals surface area contributed by atoms with E-state index in [1.165, 1.54) is 12.1 Å². The number of halogens is 4. The Balaban J connectivity index is 2.14. The van der Waals surface area contributed by atoms with Crippen LogP contribution in [0.15, 0.2) is 36.4 Å². The average Bonchev–Trinajstić information content (AvgIpc) is 2.35. The van der Waals surface area contributed by atoms with Gasteiger partial charge >= 0.3 is 0 Å². The maximum absolute atomic E-state index is 13.2. The molecule has 0 heterocycles. The minimum Gasteiger partial charge on any atom is -0.381 e. The second-order valence-electron chi connectivity index (χ2n) is 3.70. The fourth-order valence-electron chi connectivity index (χ4n) is 1.50. The van der Waals surface area contributed by atoms with Crippen molar-refractivity contribution in [3.05, 3.63) is 62.8 Å². The van der Waals surface area contributed by atoms with E-state index in [1.54, 1.807) is 0 Å². The second kappa shape index (κ2) is 5.79. The Labute approximate surface area is 119 Å². The predicted octanol–water partition coefficient (Wildman–Crippen LogP) is 5.40. The molecule has 0 fully saturated rings. The largest absolute Gasteiger partial charge is 0.381 e. The lowest BCUT2D eigenvalue weighted by molar-refractivity contribution is 0.629. The van der Waals surface area contributed by atoms with Crippen LogP contribution in [0.3, 0.4) is 0 Å². The average molecular weight is 305 g/mol. The topological polar surface area (TPSA) is 12.0 Å². The first-order valence-corrected chi connectivity index (χ1v) is 6.33. The second-order valence-corrected chi connectivity index (χ2v) is 4.92. The van der Waals surface area contributed by atoms with Gasteiger partial charge in [-0.25, -0.2) is 4.39 Å². The van der Waals surface area contributed by atoms with Gasteiger partial charge in [-0.05, 0) is 23.8 Å². The van der Waals surface area contributed by atoms with Crippen molar-refractivity contribution in [2.24, 2.45) is 0 Å². The van der Waals surface area contributed by atoms with Gasteiger partial charge in [0.15, 0.2) is 5.82 Å². The molecule has 0 spiro atoms. The molecule has 0 atom stereocenters. The van der Waals surface area contributed by atoms with Crippen molar-refractivity contribution in [3.8, 4) is 0 Å². The smallest absolute Gasteiger partial charge is 0.160 e. The van der Waals surface area contributed by atoms with Crippen LogP contribution in [-0.2, 0) is 6.54 Å². The van der Waals surface area contributed by atoms with Crippen LogP contribution >= 0.6 is 34.8 Å². The van der Waals surface area contributed by atoms with E-state index in [-0.39, 0.29) is 10.0 Å². The molecule has 0 amide bonds. The van der Waals surface area contributed by atoms with Gasteiger partial charge in [-0.1, -0.05) is 53.0 Å². The Morgan fingerprint density at radius 3 is 2.17 bits per heavy atom. The fraction of sp³-hybridized carbons (Fsp3) is 0.0769. The van der Waals surface area contributed by atoms with Crippen LogP contribution in [-0.4, -0.2) is 0 Å². The van der Waals surface area contributed by atoms with Crippen LogP contribution in [0, 0.1) is 5.82 Å². The Hall–Kier alpha value is -0.960. The Bertz CT molecular complexity index is 549. The van der Waals surface area contributed by atoms with E-state index in [0.717, 1.165) is 5.56 Å². The van der Waals surface area contributed by atoms with Crippen molar-refractivity contribution in [1.29, 1.82) is 0 Å². The lowest BCUT2D eigenvalue weighted by atomic mass is 10.2. The highest BCUT2D eigenvalue weighted by atomic mass is 35.5. The third kappa shape index (κ3) is 3.08. The van der Waals surface area contributed by atoms with E-state index in [1.807, 2.05) is 24.3 Å². The molecular weight excluding hydrogens is 296 g/mol. The first kappa shape index (κ1) is 13.5. The van der Waals surface area contributed by atoms with E-state index in [2.05, 4.69) is 5.32 Å². The first-order valence-electron chi connectivity index (χ1n) is 5.20. The zero-order valence-corrected chi connectivity index (χ0v) is 11.5. The van der Waals surface area contributed by atoms with Crippen molar-refractivity contribution < 1.29 is 4.39 Å². The predicted molar refractivity (Wildman–Crippen MR) is 75.2 cm³/mol. The summed E-state index contributed by atoms with van der Waals surface area (Å²) in [7, 11) is 0. The van der Waals surface area contributed by atoms with Gasteiger partial charge in [0.1, 0.15) is 0 Å². The van der Waals surface area contributed by atoms with Crippen LogP contribution in [0.25, 0.3) is 0 Å². The third-order valence-electron chi connectivity index (χ3n) is 2.42. The molecule has 0 aliphatic carbocycles. The van der Waals surface area contributed by atoms with E-state index >= 15 is 0 Å². The number of benzene rings is 2. The summed E-state index contributed by atoms with van der Waals surface area (Å²) in [5, 5.41) is 3.74. The number of hydrogen-bond donors (Lipinski definition) is 1. The van der Waals surface area contributed by atoms with Gasteiger partial charge in [0.25, 0.3) is 0 Å². The highest BCUT2D eigenvalue weighted by molar-refractivity contribution is 6.35.